The van der Waals surface area contributed by atoms with Crippen LogP contribution in [0, 0.1) is 0 Å². The molecule has 3 N–H and O–H groups in total. The Kier molecular flexibility index (Phi) is 3.81. The van der Waals surface area contributed by atoms with Gasteiger partial charge in [-0.05, 0) is 37.1 Å². The number of anilines is 1. The molecule has 1 heterocycles. The minimum absolute atomic E-state index is 0.145. The van der Waals surface area contributed by atoms with Gasteiger partial charge in [-0.15, -0.1) is 0 Å². The van der Waals surface area contributed by atoms with Crippen molar-refractivity contribution >= 4 is 22.5 Å². The molecule has 0 spiro atoms. The third kappa shape index (κ3) is 2.58. The molecule has 0 aliphatic rings. The molecule has 0 bridgehead atoms. The summed E-state index contributed by atoms with van der Waals surface area (Å²) in [5, 5.41) is 3.85. The Morgan fingerprint density at radius 2 is 2.00 bits per heavy atom. The zero-order valence-corrected chi connectivity index (χ0v) is 11.3. The summed E-state index contributed by atoms with van der Waals surface area (Å²) in [6.45, 7) is 3.85. The van der Waals surface area contributed by atoms with Gasteiger partial charge in [0.1, 0.15) is 0 Å². The first kappa shape index (κ1) is 13.5. The van der Waals surface area contributed by atoms with Crippen LogP contribution >= 0.6 is 0 Å². The maximum absolute atomic E-state index is 12.3. The van der Waals surface area contributed by atoms with E-state index in [0.717, 1.165) is 16.6 Å². The summed E-state index contributed by atoms with van der Waals surface area (Å²) in [5.41, 5.74) is 6.90. The molecule has 2 aromatic rings. The Labute approximate surface area is 113 Å². The van der Waals surface area contributed by atoms with Crippen LogP contribution in [-0.4, -0.2) is 16.4 Å². The van der Waals surface area contributed by atoms with Crippen molar-refractivity contribution in [1.29, 1.82) is 0 Å². The number of nitrogens with one attached hydrogen (secondary N) is 1. The van der Waals surface area contributed by atoms with Crippen LogP contribution in [0.2, 0.25) is 0 Å². The Morgan fingerprint density at radius 1 is 1.26 bits per heavy atom. The van der Waals surface area contributed by atoms with Crippen LogP contribution in [0.25, 0.3) is 10.9 Å². The van der Waals surface area contributed by atoms with Crippen molar-refractivity contribution < 1.29 is 4.79 Å². The van der Waals surface area contributed by atoms with Gasteiger partial charge in [0, 0.05) is 11.6 Å². The van der Waals surface area contributed by atoms with E-state index in [4.69, 9.17) is 5.73 Å². The molecule has 0 aliphatic heterocycles. The lowest BCUT2D eigenvalue weighted by atomic mass is 9.93. The van der Waals surface area contributed by atoms with E-state index < -0.39 is 5.54 Å². The first-order valence-electron chi connectivity index (χ1n) is 6.55. The van der Waals surface area contributed by atoms with Gasteiger partial charge in [0.15, 0.2) is 0 Å². The highest BCUT2D eigenvalue weighted by Gasteiger charge is 2.30. The normalized spacial score (nSPS) is 11.5. The molecule has 1 aromatic carbocycles. The molecule has 19 heavy (non-hydrogen) atoms. The Hall–Kier alpha value is -1.94. The van der Waals surface area contributed by atoms with Crippen molar-refractivity contribution in [3.8, 4) is 0 Å². The van der Waals surface area contributed by atoms with E-state index in [1.54, 1.807) is 6.20 Å². The lowest BCUT2D eigenvalue weighted by molar-refractivity contribution is -0.121. The molecule has 4 heteroatoms. The number of aromatic nitrogens is 1. The van der Waals surface area contributed by atoms with Crippen LogP contribution in [0.5, 0.6) is 0 Å². The number of hydrogen-bond donors (Lipinski definition) is 2. The van der Waals surface area contributed by atoms with Crippen molar-refractivity contribution in [3.63, 3.8) is 0 Å². The van der Waals surface area contributed by atoms with Crippen LogP contribution < -0.4 is 11.1 Å². The van der Waals surface area contributed by atoms with Crippen molar-refractivity contribution in [2.75, 3.05) is 5.32 Å². The summed E-state index contributed by atoms with van der Waals surface area (Å²) in [6.07, 6.45) is 2.95. The van der Waals surface area contributed by atoms with E-state index in [2.05, 4.69) is 10.3 Å². The highest BCUT2D eigenvalue weighted by atomic mass is 16.2. The largest absolute Gasteiger partial charge is 0.324 e. The molecule has 1 aromatic heterocycles. The quantitative estimate of drug-likeness (QED) is 0.884. The molecular weight excluding hydrogens is 238 g/mol. The van der Waals surface area contributed by atoms with E-state index in [1.165, 1.54) is 0 Å². The monoisotopic (exact) mass is 257 g/mol. The van der Waals surface area contributed by atoms with Gasteiger partial charge in [-0.25, -0.2) is 0 Å². The van der Waals surface area contributed by atoms with Crippen molar-refractivity contribution in [3.05, 3.63) is 36.5 Å². The lowest BCUT2D eigenvalue weighted by Gasteiger charge is -2.25. The summed E-state index contributed by atoms with van der Waals surface area (Å²) in [5.74, 6) is -0.145. The average molecular weight is 257 g/mol. The SMILES string of the molecule is CCC(N)(CC)C(=O)Nc1cccc2ncccc12. The Bertz CT molecular complexity index is 585. The molecule has 0 aliphatic carbocycles. The van der Waals surface area contributed by atoms with Gasteiger partial charge in [-0.1, -0.05) is 19.9 Å². The van der Waals surface area contributed by atoms with E-state index in [9.17, 15) is 4.79 Å². The molecule has 0 atom stereocenters. The minimum atomic E-state index is -0.815. The highest BCUT2D eigenvalue weighted by molar-refractivity contribution is 6.04. The maximum Gasteiger partial charge on any atom is 0.244 e. The van der Waals surface area contributed by atoms with Crippen molar-refractivity contribution in [2.45, 2.75) is 32.2 Å². The number of nitrogens with two attached hydrogens (primary N) is 1. The zero-order chi connectivity index (χ0) is 13.9. The number of carbonyl (C=O) groups excluding carboxylic acids is 1. The molecule has 100 valence electrons. The molecule has 2 rings (SSSR count). The standard InChI is InChI=1S/C15H19N3O/c1-3-15(16,4-2)14(19)18-13-9-5-8-12-11(13)7-6-10-17-12/h5-10H,3-4,16H2,1-2H3,(H,18,19). The lowest BCUT2D eigenvalue weighted by Crippen LogP contribution is -2.50. The second-order valence-electron chi connectivity index (χ2n) is 4.69. The predicted octanol–water partition coefficient (Wildman–Crippen LogP) is 2.69. The van der Waals surface area contributed by atoms with Gasteiger partial charge in [-0.3, -0.25) is 9.78 Å². The summed E-state index contributed by atoms with van der Waals surface area (Å²) in [6, 6.07) is 9.45. The van der Waals surface area contributed by atoms with E-state index in [1.807, 2.05) is 44.2 Å². The van der Waals surface area contributed by atoms with Crippen LogP contribution in [0.3, 0.4) is 0 Å². The van der Waals surface area contributed by atoms with Gasteiger partial charge < -0.3 is 11.1 Å². The fraction of sp³-hybridized carbons (Fsp3) is 0.333. The van der Waals surface area contributed by atoms with Crippen LogP contribution in [0.15, 0.2) is 36.5 Å². The molecule has 0 radical (unpaired) electrons. The zero-order valence-electron chi connectivity index (χ0n) is 11.3. The smallest absolute Gasteiger partial charge is 0.244 e. The van der Waals surface area contributed by atoms with Crippen LogP contribution in [0.4, 0.5) is 5.69 Å². The molecule has 0 fully saturated rings. The average Bonchev–Trinajstić information content (AvgIpc) is 2.46. The number of pyridine rings is 1. The number of amides is 1. The fourth-order valence-electron chi connectivity index (χ4n) is 2.03. The van der Waals surface area contributed by atoms with E-state index in [-0.39, 0.29) is 5.91 Å². The molecule has 4 nitrogen and oxygen atoms in total. The maximum atomic E-state index is 12.3. The summed E-state index contributed by atoms with van der Waals surface area (Å²) >= 11 is 0. The van der Waals surface area contributed by atoms with E-state index >= 15 is 0 Å². The van der Waals surface area contributed by atoms with Gasteiger partial charge in [0.2, 0.25) is 5.91 Å². The predicted molar refractivity (Wildman–Crippen MR) is 77.9 cm³/mol. The molecule has 0 saturated heterocycles. The molecule has 0 saturated carbocycles. The topological polar surface area (TPSA) is 68.0 Å². The first-order valence-corrected chi connectivity index (χ1v) is 6.55. The van der Waals surface area contributed by atoms with Crippen molar-refractivity contribution in [1.82, 2.24) is 4.98 Å². The number of rotatable bonds is 4. The number of hydrogen-bond acceptors (Lipinski definition) is 3. The second-order valence-corrected chi connectivity index (χ2v) is 4.69. The third-order valence-electron chi connectivity index (χ3n) is 3.61. The number of benzene rings is 1. The van der Waals surface area contributed by atoms with Crippen molar-refractivity contribution in [2.24, 2.45) is 5.73 Å². The van der Waals surface area contributed by atoms with Crippen LogP contribution in [0.1, 0.15) is 26.7 Å². The molecule has 1 amide bonds. The summed E-state index contributed by atoms with van der Waals surface area (Å²) in [7, 11) is 0. The molecule has 0 unspecified atom stereocenters. The minimum Gasteiger partial charge on any atom is -0.324 e. The second kappa shape index (κ2) is 5.36. The number of nitrogens with zero attached hydrogens (tertiary/aromatic N) is 1. The fourth-order valence-corrected chi connectivity index (χ4v) is 2.03. The van der Waals surface area contributed by atoms with Gasteiger partial charge >= 0.3 is 0 Å². The Balaban J connectivity index is 2.34. The summed E-state index contributed by atoms with van der Waals surface area (Å²) in [4.78, 5) is 16.6. The van der Waals surface area contributed by atoms with E-state index in [0.29, 0.717) is 12.8 Å². The van der Waals surface area contributed by atoms with Gasteiger partial charge in [0.25, 0.3) is 0 Å². The number of carbonyl (C=O) groups is 1. The number of fused-ring (bicyclic) bond motifs is 1. The Morgan fingerprint density at radius 3 is 2.68 bits per heavy atom. The summed E-state index contributed by atoms with van der Waals surface area (Å²) < 4.78 is 0. The van der Waals surface area contributed by atoms with Crippen LogP contribution in [-0.2, 0) is 4.79 Å². The van der Waals surface area contributed by atoms with Gasteiger partial charge in [-0.2, -0.15) is 0 Å². The molecular formula is C15H19N3O. The van der Waals surface area contributed by atoms with Gasteiger partial charge in [0.05, 0.1) is 16.7 Å². The third-order valence-corrected chi connectivity index (χ3v) is 3.61. The first-order chi connectivity index (χ1) is 9.10. The highest BCUT2D eigenvalue weighted by Crippen LogP contribution is 2.23.